The van der Waals surface area contributed by atoms with Crippen LogP contribution in [0.1, 0.15) is 45.6 Å². The minimum Gasteiger partial charge on any atom is -0.394 e. The van der Waals surface area contributed by atoms with Gasteiger partial charge >= 0.3 is 0 Å². The topological polar surface area (TPSA) is 90.4 Å². The minimum absolute atomic E-state index is 0.0333. The molecule has 2 fully saturated rings. The first kappa shape index (κ1) is 27.6. The van der Waals surface area contributed by atoms with Gasteiger partial charge in [0.1, 0.15) is 11.6 Å². The third-order valence-corrected chi connectivity index (χ3v) is 9.11. The van der Waals surface area contributed by atoms with Gasteiger partial charge in [-0.25, -0.2) is 0 Å². The van der Waals surface area contributed by atoms with E-state index in [0.717, 1.165) is 24.8 Å². The highest BCUT2D eigenvalue weighted by atomic mass is 16.5. The molecule has 0 aromatic heterocycles. The zero-order valence-corrected chi connectivity index (χ0v) is 23.2. The molecule has 1 aromatic carbocycles. The molecule has 1 aromatic rings. The monoisotopic (exact) mass is 535 g/mol. The van der Waals surface area contributed by atoms with Crippen molar-refractivity contribution in [3.8, 4) is 0 Å². The van der Waals surface area contributed by atoms with Gasteiger partial charge in [-0.15, -0.1) is 0 Å². The normalized spacial score (nSPS) is 31.6. The largest absolute Gasteiger partial charge is 0.394 e. The summed E-state index contributed by atoms with van der Waals surface area (Å²) >= 11 is 0. The minimum atomic E-state index is -1.26. The molecule has 7 atom stereocenters. The molecule has 0 radical (unpaired) electrons. The van der Waals surface area contributed by atoms with Crippen LogP contribution >= 0.6 is 0 Å². The summed E-state index contributed by atoms with van der Waals surface area (Å²) in [5.74, 6) is -2.20. The average molecular weight is 536 g/mol. The fourth-order valence-electron chi connectivity index (χ4n) is 6.84. The second-order valence-electron chi connectivity index (χ2n) is 11.4. The number of aliphatic hydroxyl groups is 1. The lowest BCUT2D eigenvalue weighted by Gasteiger charge is -2.40. The smallest absolute Gasteiger partial charge is 0.249 e. The molecule has 0 bridgehead atoms. The van der Waals surface area contributed by atoms with Crippen LogP contribution in [0.4, 0.5) is 0 Å². The number of carbonyl (C=O) groups is 3. The first-order valence-corrected chi connectivity index (χ1v) is 14.4. The van der Waals surface area contributed by atoms with Crippen molar-refractivity contribution >= 4 is 17.7 Å². The van der Waals surface area contributed by atoms with Crippen molar-refractivity contribution in [3.63, 3.8) is 0 Å². The summed E-state index contributed by atoms with van der Waals surface area (Å²) in [5.41, 5.74) is -0.252. The van der Waals surface area contributed by atoms with Crippen molar-refractivity contribution in [1.29, 1.82) is 0 Å². The Morgan fingerprint density at radius 1 is 1.03 bits per heavy atom. The highest BCUT2D eigenvalue weighted by Gasteiger charge is 2.72. The zero-order valence-electron chi connectivity index (χ0n) is 23.2. The molecule has 1 N–H and O–H groups in total. The molecular formula is C31H41N3O5. The maximum absolute atomic E-state index is 14.5. The number of fused-ring (bicyclic) bond motifs is 2. The first-order valence-electron chi connectivity index (χ1n) is 14.4. The van der Waals surface area contributed by atoms with Gasteiger partial charge in [-0.05, 0) is 17.9 Å². The van der Waals surface area contributed by atoms with Crippen molar-refractivity contribution in [2.45, 2.75) is 70.4 Å². The second-order valence-corrected chi connectivity index (χ2v) is 11.4. The second kappa shape index (κ2) is 11.3. The van der Waals surface area contributed by atoms with Crippen molar-refractivity contribution in [2.24, 2.45) is 17.8 Å². The number of ether oxygens (including phenoxy) is 1. The molecular weight excluding hydrogens is 494 g/mol. The van der Waals surface area contributed by atoms with Crippen LogP contribution in [0.5, 0.6) is 0 Å². The number of likely N-dealkylation sites (tertiary alicyclic amines) is 1. The Hall–Kier alpha value is -2.97. The summed E-state index contributed by atoms with van der Waals surface area (Å²) < 4.78 is 6.73. The molecule has 0 aliphatic carbocycles. The van der Waals surface area contributed by atoms with Crippen LogP contribution < -0.4 is 0 Å². The number of hydrogen-bond acceptors (Lipinski definition) is 5. The lowest BCUT2D eigenvalue weighted by Crippen LogP contribution is -2.59. The number of benzene rings is 1. The van der Waals surface area contributed by atoms with Gasteiger partial charge in [0.05, 0.1) is 30.6 Å². The van der Waals surface area contributed by atoms with Crippen LogP contribution in [0.15, 0.2) is 54.6 Å². The Balaban J connectivity index is 1.57. The van der Waals surface area contributed by atoms with E-state index < -0.39 is 35.6 Å². The van der Waals surface area contributed by atoms with Crippen molar-refractivity contribution in [3.05, 3.63) is 60.2 Å². The first-order chi connectivity index (χ1) is 18.9. The van der Waals surface area contributed by atoms with Crippen LogP contribution in [-0.4, -0.2) is 87.6 Å². The molecule has 8 heteroatoms. The van der Waals surface area contributed by atoms with Crippen LogP contribution in [0, 0.1) is 17.8 Å². The Bertz CT molecular complexity index is 1140. The van der Waals surface area contributed by atoms with E-state index in [-0.39, 0.29) is 30.2 Å². The maximum Gasteiger partial charge on any atom is 0.249 e. The SMILES string of the molecule is CCCCN1CC=C[C@]23O[C@@H]4C=CCN(Cc5ccccc5)C(=O)[C@@H]4[C@H]2C(=O)N([C@@H](CO)[C@@H](C)CC)C3C1=O. The van der Waals surface area contributed by atoms with Gasteiger partial charge < -0.3 is 24.5 Å². The van der Waals surface area contributed by atoms with Crippen LogP contribution in [0.25, 0.3) is 0 Å². The molecule has 5 rings (SSSR count). The van der Waals surface area contributed by atoms with Crippen molar-refractivity contribution in [2.75, 3.05) is 26.2 Å². The fourth-order valence-corrected chi connectivity index (χ4v) is 6.84. The lowest BCUT2D eigenvalue weighted by atomic mass is 9.77. The number of unbranched alkanes of at least 4 members (excludes halogenated alkanes) is 1. The summed E-state index contributed by atoms with van der Waals surface area (Å²) in [5, 5.41) is 10.5. The molecule has 1 unspecified atom stereocenters. The van der Waals surface area contributed by atoms with Crippen LogP contribution in [-0.2, 0) is 25.7 Å². The molecule has 4 heterocycles. The fraction of sp³-hybridized carbons (Fsp3) is 0.581. The molecule has 2 saturated heterocycles. The van der Waals surface area contributed by atoms with E-state index >= 15 is 0 Å². The lowest BCUT2D eigenvalue weighted by molar-refractivity contribution is -0.152. The number of hydrogen-bond donors (Lipinski definition) is 1. The molecule has 0 saturated carbocycles. The third-order valence-electron chi connectivity index (χ3n) is 9.11. The Morgan fingerprint density at radius 3 is 2.46 bits per heavy atom. The highest BCUT2D eigenvalue weighted by molar-refractivity contribution is 6.00. The highest BCUT2D eigenvalue weighted by Crippen LogP contribution is 2.54. The van der Waals surface area contributed by atoms with Gasteiger partial charge in [-0.3, -0.25) is 14.4 Å². The molecule has 4 aliphatic heterocycles. The van der Waals surface area contributed by atoms with Gasteiger partial charge in [0.2, 0.25) is 17.7 Å². The van der Waals surface area contributed by atoms with Gasteiger partial charge in [-0.1, -0.05) is 88.2 Å². The van der Waals surface area contributed by atoms with Gasteiger partial charge in [-0.2, -0.15) is 0 Å². The van der Waals surface area contributed by atoms with Gasteiger partial charge in [0.25, 0.3) is 0 Å². The Kier molecular flexibility index (Phi) is 7.96. The number of carbonyl (C=O) groups excluding carboxylic acids is 3. The number of amides is 3. The van der Waals surface area contributed by atoms with Crippen LogP contribution in [0.3, 0.4) is 0 Å². The van der Waals surface area contributed by atoms with E-state index in [1.54, 1.807) is 14.7 Å². The Morgan fingerprint density at radius 2 is 1.77 bits per heavy atom. The van der Waals surface area contributed by atoms with E-state index in [0.29, 0.717) is 26.2 Å². The van der Waals surface area contributed by atoms with Crippen LogP contribution in [0.2, 0.25) is 0 Å². The molecule has 39 heavy (non-hydrogen) atoms. The van der Waals surface area contributed by atoms with Crippen molar-refractivity contribution in [1.82, 2.24) is 14.7 Å². The summed E-state index contributed by atoms with van der Waals surface area (Å²) in [4.78, 5) is 48.0. The van der Waals surface area contributed by atoms with E-state index in [1.807, 2.05) is 68.5 Å². The van der Waals surface area contributed by atoms with E-state index in [2.05, 4.69) is 6.92 Å². The molecule has 4 aliphatic rings. The Labute approximate surface area is 231 Å². The predicted octanol–water partition coefficient (Wildman–Crippen LogP) is 2.77. The summed E-state index contributed by atoms with van der Waals surface area (Å²) in [7, 11) is 0. The summed E-state index contributed by atoms with van der Waals surface area (Å²) in [6.45, 7) is 7.71. The van der Waals surface area contributed by atoms with E-state index in [1.165, 1.54) is 0 Å². The predicted molar refractivity (Wildman–Crippen MR) is 147 cm³/mol. The average Bonchev–Trinajstić information content (AvgIpc) is 3.27. The van der Waals surface area contributed by atoms with Gasteiger partial charge in [0.15, 0.2) is 0 Å². The molecule has 3 amide bonds. The molecule has 210 valence electrons. The van der Waals surface area contributed by atoms with E-state index in [4.69, 9.17) is 4.74 Å². The summed E-state index contributed by atoms with van der Waals surface area (Å²) in [6, 6.07) is 8.34. The third kappa shape index (κ3) is 4.61. The van der Waals surface area contributed by atoms with E-state index in [9.17, 15) is 19.5 Å². The quantitative estimate of drug-likeness (QED) is 0.491. The molecule has 1 spiro atoms. The number of rotatable bonds is 9. The number of aliphatic hydroxyl groups excluding tert-OH is 1. The van der Waals surface area contributed by atoms with Crippen molar-refractivity contribution < 1.29 is 24.2 Å². The number of nitrogens with zero attached hydrogens (tertiary/aromatic N) is 3. The van der Waals surface area contributed by atoms with Gasteiger partial charge in [0, 0.05) is 26.2 Å². The zero-order chi connectivity index (χ0) is 27.7. The molecule has 8 nitrogen and oxygen atoms in total. The standard InChI is InChI=1S/C31H41N3O5/c1-4-6-16-32-18-11-15-31-26(29(37)34(27(31)30(32)38)23(20-35)21(3)5-2)25-24(39-31)14-10-17-33(28(25)36)19-22-12-8-7-9-13-22/h7-15,21,23-27,35H,4-6,16-20H2,1-3H3/t21-,23-,24+,25-,26-,27?,31-/m0/s1. The maximum atomic E-state index is 14.5. The summed E-state index contributed by atoms with van der Waals surface area (Å²) in [6.07, 6.45) is 9.57.